The molecule has 1 N–H and O–H groups in total. The first-order chi connectivity index (χ1) is 18.8. The number of nitrogens with one attached hydrogen (secondary N) is 1. The van der Waals surface area contributed by atoms with Gasteiger partial charge >= 0.3 is 6.09 Å². The summed E-state index contributed by atoms with van der Waals surface area (Å²) in [4.78, 5) is 19.7. The molecule has 10 nitrogen and oxygen atoms in total. The van der Waals surface area contributed by atoms with Gasteiger partial charge in [0.2, 0.25) is 0 Å². The second-order valence-corrected chi connectivity index (χ2v) is 11.3. The standard InChI is InChI=1S/C29H35N7O3/c1-29(2,3)39-28(37)36(26-15-24-18-38-12-11-34(24)33-26)25-14-22(17-35-27(25)31-19-32-35)21-9-10-23(13-21)30-16-20-7-5-4-6-8-20/h4-8,14-15,17,19,21,23,30H,9-13,16,18H2,1-3H3. The highest BCUT2D eigenvalue weighted by Crippen LogP contribution is 2.39. The number of hydrogen-bond donors (Lipinski definition) is 1. The lowest BCUT2D eigenvalue weighted by molar-refractivity contribution is 0.0598. The van der Waals surface area contributed by atoms with Crippen LogP contribution >= 0.6 is 0 Å². The molecule has 2 atom stereocenters. The Bertz CT molecular complexity index is 1430. The lowest BCUT2D eigenvalue weighted by Gasteiger charge is -2.27. The molecule has 1 aromatic carbocycles. The summed E-state index contributed by atoms with van der Waals surface area (Å²) in [5.74, 6) is 0.815. The first-order valence-corrected chi connectivity index (χ1v) is 13.6. The minimum Gasteiger partial charge on any atom is -0.443 e. The Hall–Kier alpha value is -3.76. The number of hydrogen-bond acceptors (Lipinski definition) is 7. The Morgan fingerprint density at radius 1 is 1.21 bits per heavy atom. The quantitative estimate of drug-likeness (QED) is 0.377. The van der Waals surface area contributed by atoms with Gasteiger partial charge in [-0.15, -0.1) is 0 Å². The van der Waals surface area contributed by atoms with Crippen molar-refractivity contribution in [2.45, 2.75) is 77.3 Å². The van der Waals surface area contributed by atoms with Crippen molar-refractivity contribution < 1.29 is 14.3 Å². The molecule has 4 aromatic rings. The van der Waals surface area contributed by atoms with E-state index in [2.05, 4.69) is 45.7 Å². The average Bonchev–Trinajstić information content (AvgIpc) is 3.66. The Kier molecular flexibility index (Phi) is 6.82. The van der Waals surface area contributed by atoms with E-state index in [1.165, 1.54) is 16.8 Å². The monoisotopic (exact) mass is 529 g/mol. The molecule has 2 aliphatic rings. The number of nitrogens with zero attached hydrogens (tertiary/aromatic N) is 6. The highest BCUT2D eigenvalue weighted by Gasteiger charge is 2.32. The van der Waals surface area contributed by atoms with E-state index in [1.54, 1.807) is 4.52 Å². The van der Waals surface area contributed by atoms with Gasteiger partial charge in [-0.25, -0.2) is 19.2 Å². The predicted octanol–water partition coefficient (Wildman–Crippen LogP) is 4.96. The fourth-order valence-electron chi connectivity index (χ4n) is 5.45. The zero-order valence-electron chi connectivity index (χ0n) is 22.7. The van der Waals surface area contributed by atoms with E-state index in [9.17, 15) is 4.79 Å². The van der Waals surface area contributed by atoms with E-state index in [4.69, 9.17) is 14.6 Å². The van der Waals surface area contributed by atoms with Gasteiger partial charge in [-0.1, -0.05) is 30.3 Å². The summed E-state index contributed by atoms with van der Waals surface area (Å²) in [6.07, 6.45) is 6.20. The van der Waals surface area contributed by atoms with E-state index >= 15 is 0 Å². The molecule has 1 aliphatic carbocycles. The molecule has 204 valence electrons. The van der Waals surface area contributed by atoms with Crippen LogP contribution in [-0.2, 0) is 29.2 Å². The van der Waals surface area contributed by atoms with Gasteiger partial charge in [-0.2, -0.15) is 10.2 Å². The van der Waals surface area contributed by atoms with Crippen LogP contribution < -0.4 is 10.2 Å². The van der Waals surface area contributed by atoms with E-state index in [-0.39, 0.29) is 0 Å². The van der Waals surface area contributed by atoms with Crippen LogP contribution in [0.15, 0.2) is 55.0 Å². The number of ether oxygens (including phenoxy) is 2. The zero-order chi connectivity index (χ0) is 27.0. The van der Waals surface area contributed by atoms with Gasteiger partial charge in [0.15, 0.2) is 11.5 Å². The summed E-state index contributed by atoms with van der Waals surface area (Å²) in [5, 5.41) is 12.9. The van der Waals surface area contributed by atoms with Crippen molar-refractivity contribution in [2.75, 3.05) is 11.5 Å². The van der Waals surface area contributed by atoms with Crippen LogP contribution in [0.4, 0.5) is 16.3 Å². The number of anilines is 2. The Morgan fingerprint density at radius 3 is 2.85 bits per heavy atom. The minimum absolute atomic E-state index is 0.328. The summed E-state index contributed by atoms with van der Waals surface area (Å²) in [7, 11) is 0. The van der Waals surface area contributed by atoms with Crippen LogP contribution in [0.2, 0.25) is 0 Å². The zero-order valence-corrected chi connectivity index (χ0v) is 22.7. The Labute approximate surface area is 227 Å². The Morgan fingerprint density at radius 2 is 2.05 bits per heavy atom. The molecule has 0 bridgehead atoms. The molecule has 1 amide bonds. The maximum Gasteiger partial charge on any atom is 0.420 e. The van der Waals surface area contributed by atoms with E-state index in [1.807, 2.05) is 43.8 Å². The van der Waals surface area contributed by atoms with Crippen molar-refractivity contribution in [3.05, 3.63) is 71.8 Å². The third-order valence-corrected chi connectivity index (χ3v) is 7.31. The van der Waals surface area contributed by atoms with Crippen LogP contribution in [0.3, 0.4) is 0 Å². The van der Waals surface area contributed by atoms with Crippen molar-refractivity contribution in [1.82, 2.24) is 29.7 Å². The van der Waals surface area contributed by atoms with Crippen LogP contribution in [0.1, 0.15) is 62.8 Å². The van der Waals surface area contributed by atoms with Crippen LogP contribution in [0, 0.1) is 0 Å². The predicted molar refractivity (Wildman–Crippen MR) is 147 cm³/mol. The number of aromatic nitrogens is 5. The number of amides is 1. The smallest absolute Gasteiger partial charge is 0.420 e. The van der Waals surface area contributed by atoms with Crippen LogP contribution in [-0.4, -0.2) is 48.7 Å². The van der Waals surface area contributed by atoms with Gasteiger partial charge in [0, 0.05) is 24.8 Å². The summed E-state index contributed by atoms with van der Waals surface area (Å²) >= 11 is 0. The molecule has 2 unspecified atom stereocenters. The van der Waals surface area contributed by atoms with Gasteiger partial charge in [-0.05, 0) is 63.1 Å². The third kappa shape index (κ3) is 5.53. The van der Waals surface area contributed by atoms with Crippen molar-refractivity contribution in [2.24, 2.45) is 0 Å². The molecule has 1 saturated carbocycles. The molecule has 39 heavy (non-hydrogen) atoms. The molecule has 3 aromatic heterocycles. The summed E-state index contributed by atoms with van der Waals surface area (Å²) in [6.45, 7) is 8.11. The third-order valence-electron chi connectivity index (χ3n) is 7.31. The molecule has 4 heterocycles. The van der Waals surface area contributed by atoms with Gasteiger partial charge < -0.3 is 14.8 Å². The molecule has 1 fully saturated rings. The maximum absolute atomic E-state index is 13.7. The van der Waals surface area contributed by atoms with E-state index in [0.717, 1.165) is 37.1 Å². The number of fused-ring (bicyclic) bond motifs is 2. The number of carbonyl (C=O) groups excluding carboxylic acids is 1. The normalized spacial score (nSPS) is 19.3. The fourth-order valence-corrected chi connectivity index (χ4v) is 5.45. The van der Waals surface area contributed by atoms with E-state index in [0.29, 0.717) is 48.9 Å². The van der Waals surface area contributed by atoms with Crippen molar-refractivity contribution in [3.63, 3.8) is 0 Å². The molecule has 10 heteroatoms. The van der Waals surface area contributed by atoms with Gasteiger partial charge in [0.1, 0.15) is 11.9 Å². The van der Waals surface area contributed by atoms with Crippen molar-refractivity contribution >= 4 is 23.2 Å². The summed E-state index contributed by atoms with van der Waals surface area (Å²) in [6, 6.07) is 14.9. The highest BCUT2D eigenvalue weighted by atomic mass is 16.6. The summed E-state index contributed by atoms with van der Waals surface area (Å²) in [5.41, 5.74) is 3.82. The first kappa shape index (κ1) is 25.5. The first-order valence-electron chi connectivity index (χ1n) is 13.6. The van der Waals surface area contributed by atoms with Crippen LogP contribution in [0.25, 0.3) is 5.65 Å². The van der Waals surface area contributed by atoms with Crippen LogP contribution in [0.5, 0.6) is 0 Å². The molecule has 0 radical (unpaired) electrons. The largest absolute Gasteiger partial charge is 0.443 e. The maximum atomic E-state index is 13.7. The number of pyridine rings is 1. The molecular weight excluding hydrogens is 494 g/mol. The number of benzene rings is 1. The highest BCUT2D eigenvalue weighted by molar-refractivity contribution is 5.99. The molecule has 0 saturated heterocycles. The second-order valence-electron chi connectivity index (χ2n) is 11.3. The van der Waals surface area contributed by atoms with E-state index < -0.39 is 11.7 Å². The molecule has 1 aliphatic heterocycles. The minimum atomic E-state index is -0.678. The second kappa shape index (κ2) is 10.4. The lowest BCUT2D eigenvalue weighted by atomic mass is 9.98. The molecule has 0 spiro atoms. The van der Waals surface area contributed by atoms with Gasteiger partial charge in [0.05, 0.1) is 31.1 Å². The number of rotatable bonds is 6. The van der Waals surface area contributed by atoms with Gasteiger partial charge in [-0.3, -0.25) is 4.68 Å². The number of carbonyl (C=O) groups is 1. The van der Waals surface area contributed by atoms with Crippen molar-refractivity contribution in [1.29, 1.82) is 0 Å². The van der Waals surface area contributed by atoms with Gasteiger partial charge in [0.25, 0.3) is 0 Å². The molecular formula is C29H35N7O3. The molecule has 6 rings (SSSR count). The van der Waals surface area contributed by atoms with Crippen molar-refractivity contribution in [3.8, 4) is 0 Å². The Balaban J connectivity index is 1.32. The SMILES string of the molecule is CC(C)(C)OC(=O)N(c1cc2n(n1)CCOC2)c1cc(C2CCC(NCc3ccccc3)C2)cn2ncnc12. The lowest BCUT2D eigenvalue weighted by Crippen LogP contribution is -2.34. The summed E-state index contributed by atoms with van der Waals surface area (Å²) < 4.78 is 15.1. The fraction of sp³-hybridized carbons (Fsp3) is 0.448. The average molecular weight is 530 g/mol. The topological polar surface area (TPSA) is 98.8 Å².